The third-order valence-electron chi connectivity index (χ3n) is 7.30. The molecule has 0 saturated carbocycles. The summed E-state index contributed by atoms with van der Waals surface area (Å²) in [4.78, 5) is 2.34. The fourth-order valence-corrected chi connectivity index (χ4v) is 5.36. The summed E-state index contributed by atoms with van der Waals surface area (Å²) in [6.45, 7) is 0. The molecule has 0 saturated heterocycles. The molecule has 0 aliphatic rings. The molecule has 190 valence electrons. The molecule has 0 spiro atoms. The molecule has 7 rings (SSSR count). The predicted octanol–water partition coefficient (Wildman–Crippen LogP) is 10.9. The molecule has 0 bridgehead atoms. The van der Waals surface area contributed by atoms with Crippen molar-refractivity contribution in [3.8, 4) is 33.6 Å². The van der Waals surface area contributed by atoms with Crippen molar-refractivity contribution in [3.63, 3.8) is 0 Å². The first kappa shape index (κ1) is 23.8. The Bertz CT molecular complexity index is 1850. The second-order valence-corrected chi connectivity index (χ2v) is 9.80. The number of hydrogen-bond acceptors (Lipinski definition) is 2. The monoisotopic (exact) mass is 513 g/mol. The van der Waals surface area contributed by atoms with E-state index in [1.54, 1.807) is 0 Å². The second-order valence-electron chi connectivity index (χ2n) is 9.80. The van der Waals surface area contributed by atoms with Gasteiger partial charge in [0, 0.05) is 22.2 Å². The third-order valence-corrected chi connectivity index (χ3v) is 7.30. The molecule has 0 aliphatic carbocycles. The maximum Gasteiger partial charge on any atom is 0.137 e. The number of para-hydroxylation sites is 4. The highest BCUT2D eigenvalue weighted by atomic mass is 16.3. The molecule has 1 aromatic heterocycles. The molecule has 0 aliphatic heterocycles. The fraction of sp³-hybridized carbons (Fsp3) is 0. The van der Waals surface area contributed by atoms with Crippen LogP contribution in [0.25, 0.3) is 44.5 Å². The summed E-state index contributed by atoms with van der Waals surface area (Å²) < 4.78 is 6.36. The van der Waals surface area contributed by atoms with Crippen LogP contribution >= 0.6 is 0 Å². The normalized spacial score (nSPS) is 11.0. The Labute approximate surface area is 234 Å². The van der Waals surface area contributed by atoms with E-state index in [0.717, 1.165) is 50.5 Å². The Balaban J connectivity index is 1.39. The molecule has 0 fully saturated rings. The zero-order valence-electron chi connectivity index (χ0n) is 21.9. The molecule has 1 heterocycles. The molecule has 0 N–H and O–H groups in total. The Morgan fingerprint density at radius 2 is 0.925 bits per heavy atom. The van der Waals surface area contributed by atoms with E-state index in [-0.39, 0.29) is 0 Å². The van der Waals surface area contributed by atoms with Crippen LogP contribution in [0.4, 0.5) is 17.1 Å². The lowest BCUT2D eigenvalue weighted by Crippen LogP contribution is -2.12. The zero-order chi connectivity index (χ0) is 26.7. The highest BCUT2D eigenvalue weighted by molar-refractivity contribution is 5.94. The molecule has 2 heteroatoms. The molecule has 7 aromatic rings. The van der Waals surface area contributed by atoms with Gasteiger partial charge in [-0.05, 0) is 59.2 Å². The van der Waals surface area contributed by atoms with Gasteiger partial charge in [0.15, 0.2) is 0 Å². The van der Waals surface area contributed by atoms with Gasteiger partial charge in [-0.15, -0.1) is 0 Å². The summed E-state index contributed by atoms with van der Waals surface area (Å²) in [7, 11) is 0. The number of nitrogens with zero attached hydrogens (tertiary/aromatic N) is 1. The van der Waals surface area contributed by atoms with Gasteiger partial charge in [0.2, 0.25) is 0 Å². The van der Waals surface area contributed by atoms with Crippen LogP contribution in [0.5, 0.6) is 0 Å². The van der Waals surface area contributed by atoms with E-state index in [9.17, 15) is 0 Å². The van der Waals surface area contributed by atoms with Gasteiger partial charge in [-0.25, -0.2) is 0 Å². The summed E-state index contributed by atoms with van der Waals surface area (Å²) in [5, 5.41) is 1.09. The minimum atomic E-state index is 0.849. The van der Waals surface area contributed by atoms with Gasteiger partial charge >= 0.3 is 0 Å². The SMILES string of the molecule is c1ccc(-c2ccc(-c3ccccc3N(c3ccccc3)c3ccccc3-c3cc4ccccc4o3)cc2)cc1. The lowest BCUT2D eigenvalue weighted by Gasteiger charge is -2.29. The zero-order valence-corrected chi connectivity index (χ0v) is 21.9. The van der Waals surface area contributed by atoms with Crippen molar-refractivity contribution < 1.29 is 4.42 Å². The minimum absolute atomic E-state index is 0.849. The number of furan rings is 1. The molecule has 0 amide bonds. The first-order chi connectivity index (χ1) is 19.8. The Hall–Kier alpha value is -5.34. The third kappa shape index (κ3) is 4.46. The van der Waals surface area contributed by atoms with Gasteiger partial charge in [-0.2, -0.15) is 0 Å². The van der Waals surface area contributed by atoms with Crippen LogP contribution in [0.15, 0.2) is 168 Å². The Morgan fingerprint density at radius 1 is 0.400 bits per heavy atom. The molecule has 2 nitrogen and oxygen atoms in total. The van der Waals surface area contributed by atoms with Crippen molar-refractivity contribution in [2.45, 2.75) is 0 Å². The number of hydrogen-bond donors (Lipinski definition) is 0. The van der Waals surface area contributed by atoms with Crippen molar-refractivity contribution in [2.24, 2.45) is 0 Å². The van der Waals surface area contributed by atoms with E-state index in [0.29, 0.717) is 0 Å². The molecular formula is C38H27NO. The van der Waals surface area contributed by atoms with Crippen LogP contribution < -0.4 is 4.90 Å². The summed E-state index contributed by atoms with van der Waals surface area (Å²) in [5.74, 6) is 0.849. The van der Waals surface area contributed by atoms with Crippen molar-refractivity contribution in [3.05, 3.63) is 164 Å². The van der Waals surface area contributed by atoms with Gasteiger partial charge in [0.05, 0.1) is 11.4 Å². The van der Waals surface area contributed by atoms with Crippen LogP contribution in [-0.4, -0.2) is 0 Å². The van der Waals surface area contributed by atoms with Crippen LogP contribution in [0.2, 0.25) is 0 Å². The largest absolute Gasteiger partial charge is 0.456 e. The van der Waals surface area contributed by atoms with Crippen LogP contribution in [0.3, 0.4) is 0 Å². The maximum absolute atomic E-state index is 6.36. The topological polar surface area (TPSA) is 16.4 Å². The first-order valence-electron chi connectivity index (χ1n) is 13.5. The van der Waals surface area contributed by atoms with Crippen LogP contribution in [0, 0.1) is 0 Å². The maximum atomic E-state index is 6.36. The smallest absolute Gasteiger partial charge is 0.137 e. The predicted molar refractivity (Wildman–Crippen MR) is 167 cm³/mol. The molecule has 6 aromatic carbocycles. The van der Waals surface area contributed by atoms with E-state index < -0.39 is 0 Å². The van der Waals surface area contributed by atoms with Gasteiger partial charge in [0.1, 0.15) is 11.3 Å². The summed E-state index contributed by atoms with van der Waals surface area (Å²) in [6, 6.07) is 57.3. The van der Waals surface area contributed by atoms with Crippen LogP contribution in [0.1, 0.15) is 0 Å². The van der Waals surface area contributed by atoms with Crippen molar-refractivity contribution >= 4 is 28.0 Å². The molecule has 40 heavy (non-hydrogen) atoms. The standard InChI is InChI=1S/C38H27NO/c1-3-13-28(14-4-1)29-23-25-30(26-24-29)33-18-8-10-20-35(33)39(32-16-5-2-6-17-32)36-21-11-9-19-34(36)38-27-31-15-7-12-22-37(31)40-38/h1-27H. The van der Waals surface area contributed by atoms with E-state index in [4.69, 9.17) is 4.42 Å². The Morgan fingerprint density at radius 3 is 1.65 bits per heavy atom. The molecule has 0 unspecified atom stereocenters. The average molecular weight is 514 g/mol. The number of fused-ring (bicyclic) bond motifs is 1. The highest BCUT2D eigenvalue weighted by Gasteiger charge is 2.21. The van der Waals surface area contributed by atoms with E-state index in [2.05, 4.69) is 150 Å². The second kappa shape index (κ2) is 10.4. The van der Waals surface area contributed by atoms with Crippen molar-refractivity contribution in [2.75, 3.05) is 4.90 Å². The Kier molecular flexibility index (Phi) is 6.20. The lowest BCUT2D eigenvalue weighted by atomic mass is 9.98. The van der Waals surface area contributed by atoms with Crippen LogP contribution in [-0.2, 0) is 0 Å². The number of rotatable bonds is 6. The summed E-state index contributed by atoms with van der Waals surface area (Å²) >= 11 is 0. The van der Waals surface area contributed by atoms with Crippen molar-refractivity contribution in [1.82, 2.24) is 0 Å². The van der Waals surface area contributed by atoms with Gasteiger partial charge in [0.25, 0.3) is 0 Å². The van der Waals surface area contributed by atoms with Gasteiger partial charge in [-0.3, -0.25) is 0 Å². The quantitative estimate of drug-likeness (QED) is 0.220. The average Bonchev–Trinajstić information content (AvgIpc) is 3.47. The lowest BCUT2D eigenvalue weighted by molar-refractivity contribution is 0.631. The fourth-order valence-electron chi connectivity index (χ4n) is 5.36. The van der Waals surface area contributed by atoms with Gasteiger partial charge in [-0.1, -0.05) is 121 Å². The van der Waals surface area contributed by atoms with E-state index in [1.807, 2.05) is 18.2 Å². The number of anilines is 3. The summed E-state index contributed by atoms with van der Waals surface area (Å²) in [5.41, 5.74) is 9.91. The number of benzene rings is 6. The highest BCUT2D eigenvalue weighted by Crippen LogP contribution is 2.45. The molecule has 0 atom stereocenters. The molecular weight excluding hydrogens is 486 g/mol. The first-order valence-corrected chi connectivity index (χ1v) is 13.5. The minimum Gasteiger partial charge on any atom is -0.456 e. The van der Waals surface area contributed by atoms with Crippen molar-refractivity contribution in [1.29, 1.82) is 0 Å². The molecule has 0 radical (unpaired) electrons. The van der Waals surface area contributed by atoms with E-state index in [1.165, 1.54) is 11.1 Å². The summed E-state index contributed by atoms with van der Waals surface area (Å²) in [6.07, 6.45) is 0. The van der Waals surface area contributed by atoms with Gasteiger partial charge < -0.3 is 9.32 Å². The van der Waals surface area contributed by atoms with E-state index >= 15 is 0 Å².